The molecule has 1 atom stereocenters. The van der Waals surface area contributed by atoms with Crippen LogP contribution in [0.15, 0.2) is 48.5 Å². The number of ether oxygens (including phenoxy) is 2. The minimum atomic E-state index is -1.16. The molecule has 29 heavy (non-hydrogen) atoms. The van der Waals surface area contributed by atoms with E-state index in [2.05, 4.69) is 17.4 Å². The molecule has 154 valence electrons. The molecule has 0 radical (unpaired) electrons. The highest BCUT2D eigenvalue weighted by atomic mass is 16.6. The summed E-state index contributed by atoms with van der Waals surface area (Å²) in [6.45, 7) is 5.53. The number of aliphatic hydroxyl groups is 1. The van der Waals surface area contributed by atoms with Gasteiger partial charge in [-0.3, -0.25) is 0 Å². The van der Waals surface area contributed by atoms with Gasteiger partial charge >= 0.3 is 12.1 Å². The molecule has 0 fully saturated rings. The molecule has 1 aliphatic carbocycles. The van der Waals surface area contributed by atoms with Gasteiger partial charge in [-0.1, -0.05) is 69.3 Å². The summed E-state index contributed by atoms with van der Waals surface area (Å²) < 4.78 is 10.6. The summed E-state index contributed by atoms with van der Waals surface area (Å²) in [5.41, 5.74) is 4.26. The maximum atomic E-state index is 12.2. The van der Waals surface area contributed by atoms with Gasteiger partial charge in [0.15, 0.2) is 6.04 Å². The summed E-state index contributed by atoms with van der Waals surface area (Å²) in [6.07, 6.45) is -0.765. The zero-order valence-electron chi connectivity index (χ0n) is 17.0. The predicted molar refractivity (Wildman–Crippen MR) is 109 cm³/mol. The van der Waals surface area contributed by atoms with Crippen LogP contribution in [0, 0.1) is 5.41 Å². The lowest BCUT2D eigenvalue weighted by Crippen LogP contribution is -2.45. The van der Waals surface area contributed by atoms with Crippen molar-refractivity contribution in [1.82, 2.24) is 5.32 Å². The summed E-state index contributed by atoms with van der Waals surface area (Å²) >= 11 is 0. The minimum absolute atomic E-state index is 0.0754. The summed E-state index contributed by atoms with van der Waals surface area (Å²) in [5.74, 6) is -0.760. The van der Waals surface area contributed by atoms with Crippen molar-refractivity contribution in [2.45, 2.75) is 32.7 Å². The molecule has 0 bridgehead atoms. The number of amides is 1. The molecule has 2 N–H and O–H groups in total. The third-order valence-corrected chi connectivity index (χ3v) is 4.75. The van der Waals surface area contributed by atoms with E-state index in [1.807, 2.05) is 57.2 Å². The standard InChI is InChI=1S/C23H27NO5/c1-23(2,3)14-29-21(26)20(12-25)24-22(27)28-13-19-17-10-6-4-8-15(17)16-9-5-7-11-18(16)19/h4-11,19-20,25H,12-14H2,1-3H3,(H,24,27)/t20-/m0/s1. The normalized spacial score (nSPS) is 13.9. The van der Waals surface area contributed by atoms with Crippen molar-refractivity contribution in [3.63, 3.8) is 0 Å². The number of benzene rings is 2. The van der Waals surface area contributed by atoms with E-state index >= 15 is 0 Å². The van der Waals surface area contributed by atoms with E-state index in [0.717, 1.165) is 22.3 Å². The smallest absolute Gasteiger partial charge is 0.407 e. The first-order valence-electron chi connectivity index (χ1n) is 9.69. The zero-order valence-corrected chi connectivity index (χ0v) is 17.0. The first kappa shape index (κ1) is 20.9. The Balaban J connectivity index is 1.61. The quantitative estimate of drug-likeness (QED) is 0.729. The number of esters is 1. The van der Waals surface area contributed by atoms with Crippen LogP contribution in [0.5, 0.6) is 0 Å². The summed E-state index contributed by atoms with van der Waals surface area (Å²) in [4.78, 5) is 24.3. The molecule has 1 aliphatic rings. The van der Waals surface area contributed by atoms with Crippen LogP contribution in [0.2, 0.25) is 0 Å². The fourth-order valence-corrected chi connectivity index (χ4v) is 3.35. The van der Waals surface area contributed by atoms with Crippen LogP contribution < -0.4 is 5.32 Å². The lowest BCUT2D eigenvalue weighted by Gasteiger charge is -2.21. The Kier molecular flexibility index (Phi) is 6.23. The third-order valence-electron chi connectivity index (χ3n) is 4.75. The lowest BCUT2D eigenvalue weighted by atomic mass is 9.98. The SMILES string of the molecule is CC(C)(C)COC(=O)[C@H](CO)NC(=O)OCC1c2ccccc2-c2ccccc21. The molecule has 0 unspecified atom stereocenters. The number of alkyl carbamates (subject to hydrolysis) is 1. The van der Waals surface area contributed by atoms with Crippen LogP contribution >= 0.6 is 0 Å². The van der Waals surface area contributed by atoms with Crippen molar-refractivity contribution < 1.29 is 24.2 Å². The number of nitrogens with one attached hydrogen (secondary N) is 1. The number of rotatable bonds is 6. The number of carbonyl (C=O) groups excluding carboxylic acids is 2. The van der Waals surface area contributed by atoms with Gasteiger partial charge in [-0.05, 0) is 27.7 Å². The second kappa shape index (κ2) is 8.66. The van der Waals surface area contributed by atoms with Crippen molar-refractivity contribution in [1.29, 1.82) is 0 Å². The number of aliphatic hydroxyl groups excluding tert-OH is 1. The molecular weight excluding hydrogens is 370 g/mol. The molecular formula is C23H27NO5. The molecule has 0 heterocycles. The lowest BCUT2D eigenvalue weighted by molar-refractivity contribution is -0.149. The van der Waals surface area contributed by atoms with Gasteiger partial charge in [-0.25, -0.2) is 9.59 Å². The average Bonchev–Trinajstić information content (AvgIpc) is 3.02. The van der Waals surface area contributed by atoms with Crippen LogP contribution in [0.3, 0.4) is 0 Å². The van der Waals surface area contributed by atoms with E-state index in [1.165, 1.54) is 0 Å². The molecule has 1 amide bonds. The fourth-order valence-electron chi connectivity index (χ4n) is 3.35. The van der Waals surface area contributed by atoms with E-state index in [9.17, 15) is 14.7 Å². The van der Waals surface area contributed by atoms with Gasteiger partial charge in [0.1, 0.15) is 6.61 Å². The monoisotopic (exact) mass is 397 g/mol. The van der Waals surface area contributed by atoms with Gasteiger partial charge in [0.05, 0.1) is 13.2 Å². The van der Waals surface area contributed by atoms with Gasteiger partial charge in [0.25, 0.3) is 0 Å². The van der Waals surface area contributed by atoms with E-state index in [0.29, 0.717) is 0 Å². The summed E-state index contributed by atoms with van der Waals surface area (Å²) in [6, 6.07) is 14.9. The average molecular weight is 397 g/mol. The zero-order chi connectivity index (χ0) is 21.0. The highest BCUT2D eigenvalue weighted by Crippen LogP contribution is 2.44. The molecule has 6 heteroatoms. The first-order chi connectivity index (χ1) is 13.8. The van der Waals surface area contributed by atoms with Gasteiger partial charge in [0.2, 0.25) is 0 Å². The van der Waals surface area contributed by atoms with Gasteiger partial charge in [0, 0.05) is 5.92 Å². The first-order valence-corrected chi connectivity index (χ1v) is 9.69. The Morgan fingerprint density at radius 3 is 2.07 bits per heavy atom. The van der Waals surface area contributed by atoms with E-state index in [4.69, 9.17) is 9.47 Å². The molecule has 6 nitrogen and oxygen atoms in total. The van der Waals surface area contributed by atoms with Crippen molar-refractivity contribution in [3.05, 3.63) is 59.7 Å². The van der Waals surface area contributed by atoms with Crippen LogP contribution in [0.1, 0.15) is 37.8 Å². The molecule has 0 saturated carbocycles. The molecule has 0 spiro atoms. The maximum Gasteiger partial charge on any atom is 0.407 e. The van der Waals surface area contributed by atoms with Crippen molar-refractivity contribution in [2.24, 2.45) is 5.41 Å². The molecule has 0 aromatic heterocycles. The molecule has 3 rings (SSSR count). The maximum absolute atomic E-state index is 12.2. The van der Waals surface area contributed by atoms with Gasteiger partial charge < -0.3 is 19.9 Å². The minimum Gasteiger partial charge on any atom is -0.464 e. The van der Waals surface area contributed by atoms with Crippen LogP contribution in [0.4, 0.5) is 4.79 Å². The van der Waals surface area contributed by atoms with Crippen molar-refractivity contribution >= 4 is 12.1 Å². The Bertz CT molecular complexity index is 841. The fraction of sp³-hybridized carbons (Fsp3) is 0.391. The second-order valence-electron chi connectivity index (χ2n) is 8.37. The highest BCUT2D eigenvalue weighted by Gasteiger charge is 2.30. The second-order valence-corrected chi connectivity index (χ2v) is 8.37. The van der Waals surface area contributed by atoms with E-state index in [1.54, 1.807) is 0 Å². The third kappa shape index (κ3) is 4.95. The Hall–Kier alpha value is -2.86. The van der Waals surface area contributed by atoms with E-state index < -0.39 is 24.7 Å². The van der Waals surface area contributed by atoms with Gasteiger partial charge in [-0.2, -0.15) is 0 Å². The number of hydrogen-bond donors (Lipinski definition) is 2. The number of hydrogen-bond acceptors (Lipinski definition) is 5. The Morgan fingerprint density at radius 2 is 1.55 bits per heavy atom. The summed E-state index contributed by atoms with van der Waals surface area (Å²) in [5, 5.41) is 11.8. The Labute approximate surface area is 170 Å². The molecule has 2 aromatic rings. The topological polar surface area (TPSA) is 84.9 Å². The van der Waals surface area contributed by atoms with Crippen LogP contribution in [0.25, 0.3) is 11.1 Å². The van der Waals surface area contributed by atoms with Gasteiger partial charge in [-0.15, -0.1) is 0 Å². The van der Waals surface area contributed by atoms with Crippen molar-refractivity contribution in [3.8, 4) is 11.1 Å². The molecule has 0 aliphatic heterocycles. The van der Waals surface area contributed by atoms with Crippen LogP contribution in [-0.4, -0.2) is 43.0 Å². The largest absolute Gasteiger partial charge is 0.464 e. The number of carbonyl (C=O) groups is 2. The van der Waals surface area contributed by atoms with Crippen molar-refractivity contribution in [2.75, 3.05) is 19.8 Å². The predicted octanol–water partition coefficient (Wildman–Crippen LogP) is 3.48. The highest BCUT2D eigenvalue weighted by molar-refractivity contribution is 5.82. The summed E-state index contributed by atoms with van der Waals surface area (Å²) in [7, 11) is 0. The Morgan fingerprint density at radius 1 is 1.00 bits per heavy atom. The van der Waals surface area contributed by atoms with E-state index in [-0.39, 0.29) is 24.5 Å². The van der Waals surface area contributed by atoms with Crippen LogP contribution in [-0.2, 0) is 14.3 Å². The molecule has 0 saturated heterocycles. The number of fused-ring (bicyclic) bond motifs is 3. The molecule has 2 aromatic carbocycles.